The molecule has 1 unspecified atom stereocenters. The van der Waals surface area contributed by atoms with Gasteiger partial charge in [0.2, 0.25) is 10.0 Å². The molecule has 0 amide bonds. The summed E-state index contributed by atoms with van der Waals surface area (Å²) >= 11 is 0. The standard InChI is InChI=1S/C18H32N4O2S.HI/c1-5-19-18(20-13-10-14-22(4)25(23,24)6-2)21-15-16(3)17-11-8-7-9-12-17;/h7-9,11-12,16H,5-6,10,13-15H2,1-4H3,(H2,19,20,21);1H. The van der Waals surface area contributed by atoms with E-state index in [9.17, 15) is 8.42 Å². The summed E-state index contributed by atoms with van der Waals surface area (Å²) in [7, 11) is -1.48. The van der Waals surface area contributed by atoms with Crippen LogP contribution in [0, 0.1) is 0 Å². The second-order valence-corrected chi connectivity index (χ2v) is 8.40. The van der Waals surface area contributed by atoms with Crippen molar-refractivity contribution >= 4 is 40.0 Å². The molecule has 6 nitrogen and oxygen atoms in total. The van der Waals surface area contributed by atoms with Gasteiger partial charge >= 0.3 is 0 Å². The second-order valence-electron chi connectivity index (χ2n) is 6.03. The van der Waals surface area contributed by atoms with Crippen LogP contribution in [0.4, 0.5) is 0 Å². The molecule has 0 heterocycles. The highest BCUT2D eigenvalue weighted by atomic mass is 127. The van der Waals surface area contributed by atoms with Gasteiger partial charge in [0, 0.05) is 39.1 Å². The van der Waals surface area contributed by atoms with Crippen molar-refractivity contribution in [1.29, 1.82) is 0 Å². The van der Waals surface area contributed by atoms with Crippen molar-refractivity contribution in [1.82, 2.24) is 14.9 Å². The van der Waals surface area contributed by atoms with Gasteiger partial charge < -0.3 is 10.6 Å². The highest BCUT2D eigenvalue weighted by molar-refractivity contribution is 14.0. The summed E-state index contributed by atoms with van der Waals surface area (Å²) in [5.74, 6) is 1.25. The van der Waals surface area contributed by atoms with E-state index in [1.165, 1.54) is 9.87 Å². The van der Waals surface area contributed by atoms with Crippen LogP contribution < -0.4 is 10.6 Å². The van der Waals surface area contributed by atoms with E-state index in [4.69, 9.17) is 0 Å². The molecule has 0 saturated heterocycles. The van der Waals surface area contributed by atoms with Gasteiger partial charge in [-0.1, -0.05) is 37.3 Å². The molecule has 8 heteroatoms. The zero-order chi connectivity index (χ0) is 18.7. The van der Waals surface area contributed by atoms with Crippen molar-refractivity contribution in [3.8, 4) is 0 Å². The van der Waals surface area contributed by atoms with Crippen molar-refractivity contribution in [2.24, 2.45) is 4.99 Å². The lowest BCUT2D eigenvalue weighted by Gasteiger charge is -2.17. The Morgan fingerprint density at radius 1 is 1.19 bits per heavy atom. The second kappa shape index (κ2) is 13.3. The maximum atomic E-state index is 11.7. The lowest BCUT2D eigenvalue weighted by atomic mass is 10.0. The predicted molar refractivity (Wildman–Crippen MR) is 121 cm³/mol. The topological polar surface area (TPSA) is 73.8 Å². The lowest BCUT2D eigenvalue weighted by molar-refractivity contribution is 0.461. The number of rotatable bonds is 10. The van der Waals surface area contributed by atoms with Crippen LogP contribution in [0.1, 0.15) is 38.7 Å². The Morgan fingerprint density at radius 3 is 2.42 bits per heavy atom. The Morgan fingerprint density at radius 2 is 1.85 bits per heavy atom. The van der Waals surface area contributed by atoms with Crippen molar-refractivity contribution in [2.75, 3.05) is 39.0 Å². The Labute approximate surface area is 175 Å². The fourth-order valence-electron chi connectivity index (χ4n) is 2.32. The van der Waals surface area contributed by atoms with E-state index in [2.05, 4.69) is 34.7 Å². The molecule has 1 aromatic carbocycles. The Balaban J connectivity index is 0.00000625. The minimum atomic E-state index is -3.10. The van der Waals surface area contributed by atoms with Crippen molar-refractivity contribution in [3.05, 3.63) is 35.9 Å². The normalized spacial score (nSPS) is 13.2. The van der Waals surface area contributed by atoms with E-state index in [1.54, 1.807) is 14.0 Å². The number of halogens is 1. The number of nitrogens with zero attached hydrogens (tertiary/aromatic N) is 2. The van der Waals surface area contributed by atoms with Gasteiger partial charge in [0.1, 0.15) is 0 Å². The number of hydrogen-bond acceptors (Lipinski definition) is 3. The summed E-state index contributed by atoms with van der Waals surface area (Å²) in [4.78, 5) is 4.63. The number of sulfonamides is 1. The maximum Gasteiger partial charge on any atom is 0.213 e. The van der Waals surface area contributed by atoms with E-state index < -0.39 is 10.0 Å². The molecule has 0 spiro atoms. The molecule has 2 N–H and O–H groups in total. The first-order valence-corrected chi connectivity index (χ1v) is 10.5. The van der Waals surface area contributed by atoms with Crippen LogP contribution in [-0.4, -0.2) is 57.7 Å². The van der Waals surface area contributed by atoms with E-state index >= 15 is 0 Å². The molecule has 0 radical (unpaired) electrons. The molecule has 0 aliphatic heterocycles. The molecule has 0 aromatic heterocycles. The number of nitrogens with one attached hydrogen (secondary N) is 2. The summed E-state index contributed by atoms with van der Waals surface area (Å²) in [5, 5.41) is 6.50. The van der Waals surface area contributed by atoms with Gasteiger partial charge in [-0.3, -0.25) is 4.99 Å². The third-order valence-electron chi connectivity index (χ3n) is 4.02. The molecule has 0 saturated carbocycles. The van der Waals surface area contributed by atoms with Crippen molar-refractivity contribution < 1.29 is 8.42 Å². The zero-order valence-corrected chi connectivity index (χ0v) is 19.4. The highest BCUT2D eigenvalue weighted by Gasteiger charge is 2.14. The molecule has 150 valence electrons. The third kappa shape index (κ3) is 9.18. The highest BCUT2D eigenvalue weighted by Crippen LogP contribution is 2.14. The smallest absolute Gasteiger partial charge is 0.213 e. The van der Waals surface area contributed by atoms with E-state index in [0.29, 0.717) is 25.6 Å². The first kappa shape index (κ1) is 25.1. The molecule has 1 rings (SSSR count). The summed E-state index contributed by atoms with van der Waals surface area (Å²) in [5.41, 5.74) is 1.27. The molecule has 0 aliphatic carbocycles. The van der Waals surface area contributed by atoms with Crippen LogP contribution in [0.5, 0.6) is 0 Å². The number of guanidine groups is 1. The Kier molecular flexibility index (Phi) is 12.9. The molecular weight excluding hydrogens is 463 g/mol. The van der Waals surface area contributed by atoms with Crippen molar-refractivity contribution in [3.63, 3.8) is 0 Å². The summed E-state index contributed by atoms with van der Waals surface area (Å²) in [6.07, 6.45) is 0.731. The van der Waals surface area contributed by atoms with E-state index in [0.717, 1.165) is 18.9 Å². The molecule has 0 bridgehead atoms. The fraction of sp³-hybridized carbons (Fsp3) is 0.611. The minimum Gasteiger partial charge on any atom is -0.357 e. The first-order valence-electron chi connectivity index (χ1n) is 8.91. The van der Waals surface area contributed by atoms with Gasteiger partial charge in [0.05, 0.1) is 5.75 Å². The van der Waals surface area contributed by atoms with Crippen LogP contribution >= 0.6 is 24.0 Å². The van der Waals surface area contributed by atoms with Gasteiger partial charge in [0.15, 0.2) is 5.96 Å². The van der Waals surface area contributed by atoms with E-state index in [1.807, 2.05) is 25.1 Å². The van der Waals surface area contributed by atoms with Crippen LogP contribution in [0.15, 0.2) is 35.3 Å². The van der Waals surface area contributed by atoms with Crippen LogP contribution in [0.2, 0.25) is 0 Å². The first-order chi connectivity index (χ1) is 11.9. The average molecular weight is 496 g/mol. The largest absolute Gasteiger partial charge is 0.357 e. The van der Waals surface area contributed by atoms with Gasteiger partial charge in [-0.2, -0.15) is 0 Å². The predicted octanol–water partition coefficient (Wildman–Crippen LogP) is 2.63. The van der Waals surface area contributed by atoms with Gasteiger partial charge in [0.25, 0.3) is 0 Å². The number of benzene rings is 1. The van der Waals surface area contributed by atoms with Gasteiger partial charge in [-0.25, -0.2) is 12.7 Å². The van der Waals surface area contributed by atoms with E-state index in [-0.39, 0.29) is 29.7 Å². The lowest BCUT2D eigenvalue weighted by Crippen LogP contribution is -2.39. The third-order valence-corrected chi connectivity index (χ3v) is 5.88. The van der Waals surface area contributed by atoms with Gasteiger partial charge in [-0.05, 0) is 25.8 Å². The minimum absolute atomic E-state index is 0. The molecule has 26 heavy (non-hydrogen) atoms. The number of hydrogen-bond donors (Lipinski definition) is 2. The average Bonchev–Trinajstić information content (AvgIpc) is 2.63. The summed E-state index contributed by atoms with van der Waals surface area (Å²) in [6.45, 7) is 8.51. The van der Waals surface area contributed by atoms with Crippen LogP contribution in [0.25, 0.3) is 0 Å². The molecule has 1 aromatic rings. The fourth-order valence-corrected chi connectivity index (χ4v) is 3.17. The SMILES string of the molecule is CCNC(=NCC(C)c1ccccc1)NCCCN(C)S(=O)(=O)CC.I. The molecule has 1 atom stereocenters. The quantitative estimate of drug-likeness (QED) is 0.226. The zero-order valence-electron chi connectivity index (χ0n) is 16.2. The number of aliphatic imine (C=N–C) groups is 1. The van der Waals surface area contributed by atoms with Crippen LogP contribution in [-0.2, 0) is 10.0 Å². The molecule has 0 fully saturated rings. The monoisotopic (exact) mass is 496 g/mol. The van der Waals surface area contributed by atoms with Gasteiger partial charge in [-0.15, -0.1) is 24.0 Å². The Bertz CT molecular complexity index is 623. The molecular formula is C18H33IN4O2S. The summed E-state index contributed by atoms with van der Waals surface area (Å²) < 4.78 is 24.8. The maximum absolute atomic E-state index is 11.7. The molecule has 0 aliphatic rings. The summed E-state index contributed by atoms with van der Waals surface area (Å²) in [6, 6.07) is 10.3. The van der Waals surface area contributed by atoms with Crippen molar-refractivity contribution in [2.45, 2.75) is 33.1 Å². The van der Waals surface area contributed by atoms with Crippen LogP contribution in [0.3, 0.4) is 0 Å². The Hall–Kier alpha value is -0.870.